The number of alkyl carbamates (subject to hydrolysis) is 1. The third-order valence-corrected chi connectivity index (χ3v) is 8.73. The first-order valence-corrected chi connectivity index (χ1v) is 14.9. The van der Waals surface area contributed by atoms with Crippen LogP contribution in [0.25, 0.3) is 0 Å². The fourth-order valence-electron chi connectivity index (χ4n) is 6.59. The minimum atomic E-state index is -0.719. The summed E-state index contributed by atoms with van der Waals surface area (Å²) in [7, 11) is 0. The van der Waals surface area contributed by atoms with Crippen molar-refractivity contribution in [1.29, 1.82) is 0 Å². The average molecular weight is 572 g/mol. The van der Waals surface area contributed by atoms with Crippen LogP contribution >= 0.6 is 0 Å². The molecule has 0 aromatic heterocycles. The molecule has 3 fully saturated rings. The summed E-state index contributed by atoms with van der Waals surface area (Å²) in [6, 6.07) is 2.05. The molecule has 224 valence electrons. The van der Waals surface area contributed by atoms with Crippen molar-refractivity contribution in [3.05, 3.63) is 29.1 Å². The Balaban J connectivity index is 1.11. The predicted molar refractivity (Wildman–Crippen MR) is 151 cm³/mol. The molecule has 2 saturated heterocycles. The number of piperazine rings is 1. The highest BCUT2D eigenvalue weighted by Gasteiger charge is 2.41. The van der Waals surface area contributed by atoms with Gasteiger partial charge in [-0.25, -0.2) is 9.18 Å². The quantitative estimate of drug-likeness (QED) is 0.505. The lowest BCUT2D eigenvalue weighted by molar-refractivity contribution is -0.136. The van der Waals surface area contributed by atoms with Crippen LogP contribution in [0, 0.1) is 17.7 Å². The number of anilines is 1. The number of ether oxygens (including phenoxy) is 1. The maximum atomic E-state index is 14.7. The largest absolute Gasteiger partial charge is 0.444 e. The monoisotopic (exact) mass is 571 g/mol. The SMILES string of the molecule is CC(C)(C)OC(=O)NC[C@H]1CC[C@H](CN2CCN(c3cc(F)cc4c3CN(C3CCC(=O)NC3=O)C4=O)CC2)CC1. The van der Waals surface area contributed by atoms with Gasteiger partial charge >= 0.3 is 6.09 Å². The maximum Gasteiger partial charge on any atom is 0.407 e. The molecule has 1 unspecified atom stereocenters. The van der Waals surface area contributed by atoms with Crippen LogP contribution in [0.1, 0.15) is 75.2 Å². The van der Waals surface area contributed by atoms with Crippen LogP contribution in [-0.4, -0.2) is 84.5 Å². The van der Waals surface area contributed by atoms with E-state index >= 15 is 0 Å². The van der Waals surface area contributed by atoms with E-state index in [1.54, 1.807) is 0 Å². The molecule has 1 aliphatic carbocycles. The van der Waals surface area contributed by atoms with E-state index in [1.807, 2.05) is 20.8 Å². The summed E-state index contributed by atoms with van der Waals surface area (Å²) in [4.78, 5) is 55.2. The van der Waals surface area contributed by atoms with Gasteiger partial charge < -0.3 is 19.9 Å². The summed E-state index contributed by atoms with van der Waals surface area (Å²) in [5.41, 5.74) is 1.30. The van der Waals surface area contributed by atoms with Crippen LogP contribution in [0.3, 0.4) is 0 Å². The molecule has 10 nitrogen and oxygen atoms in total. The Morgan fingerprint density at radius 1 is 1.02 bits per heavy atom. The van der Waals surface area contributed by atoms with Gasteiger partial charge in [0.2, 0.25) is 11.8 Å². The highest BCUT2D eigenvalue weighted by atomic mass is 19.1. The topological polar surface area (TPSA) is 111 Å². The molecule has 2 N–H and O–H groups in total. The Labute approximate surface area is 240 Å². The standard InChI is InChI=1S/C30H42FN5O5/c1-30(2,3)41-29(40)32-16-19-4-6-20(7-5-19)17-34-10-12-35(13-11-34)25-15-21(31)14-22-23(25)18-36(28(22)39)24-8-9-26(37)33-27(24)38/h14-15,19-20,24H,4-13,16-18H2,1-3H3,(H,32,40)(H,33,37,38)/t19-,20-,24?. The van der Waals surface area contributed by atoms with Crippen molar-refractivity contribution in [1.82, 2.24) is 20.4 Å². The first-order valence-electron chi connectivity index (χ1n) is 14.9. The third kappa shape index (κ3) is 6.99. The number of hydrogen-bond acceptors (Lipinski definition) is 7. The van der Waals surface area contributed by atoms with Gasteiger partial charge in [-0.3, -0.25) is 24.6 Å². The first kappa shape index (κ1) is 29.3. The Morgan fingerprint density at radius 2 is 1.71 bits per heavy atom. The minimum absolute atomic E-state index is 0.185. The van der Waals surface area contributed by atoms with E-state index in [4.69, 9.17) is 4.74 Å². The van der Waals surface area contributed by atoms with E-state index in [0.717, 1.165) is 69.7 Å². The fraction of sp³-hybridized carbons (Fsp3) is 0.667. The summed E-state index contributed by atoms with van der Waals surface area (Å²) in [6.45, 7) is 10.7. The zero-order valence-corrected chi connectivity index (χ0v) is 24.3. The summed E-state index contributed by atoms with van der Waals surface area (Å²) < 4.78 is 20.0. The predicted octanol–water partition coefficient (Wildman–Crippen LogP) is 3.04. The number of nitrogens with one attached hydrogen (secondary N) is 2. The molecule has 5 rings (SSSR count). The molecule has 3 heterocycles. The third-order valence-electron chi connectivity index (χ3n) is 8.73. The molecule has 3 aliphatic heterocycles. The Bertz CT molecular complexity index is 1180. The number of carbonyl (C=O) groups excluding carboxylic acids is 4. The lowest BCUT2D eigenvalue weighted by Gasteiger charge is -2.39. The number of carbonyl (C=O) groups is 4. The molecule has 0 spiro atoms. The van der Waals surface area contributed by atoms with E-state index in [0.29, 0.717) is 23.9 Å². The summed E-state index contributed by atoms with van der Waals surface area (Å²) in [5.74, 6) is -0.511. The van der Waals surface area contributed by atoms with Crippen molar-refractivity contribution in [2.24, 2.45) is 11.8 Å². The van der Waals surface area contributed by atoms with E-state index in [2.05, 4.69) is 20.4 Å². The number of hydrogen-bond donors (Lipinski definition) is 2. The maximum absolute atomic E-state index is 14.7. The van der Waals surface area contributed by atoms with Crippen LogP contribution in [-0.2, 0) is 20.9 Å². The van der Waals surface area contributed by atoms with Gasteiger partial charge in [0, 0.05) is 69.0 Å². The Kier molecular flexibility index (Phi) is 8.54. The van der Waals surface area contributed by atoms with E-state index in [-0.39, 0.29) is 37.3 Å². The van der Waals surface area contributed by atoms with Crippen LogP contribution in [0.5, 0.6) is 0 Å². The van der Waals surface area contributed by atoms with Gasteiger partial charge in [0.15, 0.2) is 0 Å². The number of imide groups is 1. The molecule has 1 aromatic rings. The number of amides is 4. The van der Waals surface area contributed by atoms with Gasteiger partial charge in [0.1, 0.15) is 17.5 Å². The number of halogens is 1. The fourth-order valence-corrected chi connectivity index (χ4v) is 6.59. The molecule has 1 saturated carbocycles. The molecule has 4 aliphatic rings. The second-order valence-electron chi connectivity index (χ2n) is 12.9. The first-order chi connectivity index (χ1) is 19.5. The molecular formula is C30H42FN5O5. The van der Waals surface area contributed by atoms with Gasteiger partial charge in [-0.1, -0.05) is 0 Å². The minimum Gasteiger partial charge on any atom is -0.444 e. The lowest BCUT2D eigenvalue weighted by atomic mass is 9.81. The number of rotatable bonds is 6. The zero-order chi connectivity index (χ0) is 29.3. The lowest BCUT2D eigenvalue weighted by Crippen LogP contribution is -2.52. The van der Waals surface area contributed by atoms with Crippen molar-refractivity contribution in [2.75, 3.05) is 44.2 Å². The van der Waals surface area contributed by atoms with Gasteiger partial charge in [0.05, 0.1) is 0 Å². The van der Waals surface area contributed by atoms with Crippen LogP contribution in [0.2, 0.25) is 0 Å². The van der Waals surface area contributed by atoms with Gasteiger partial charge in [-0.2, -0.15) is 0 Å². The smallest absolute Gasteiger partial charge is 0.407 e. The second-order valence-corrected chi connectivity index (χ2v) is 12.9. The number of piperidine rings is 1. The van der Waals surface area contributed by atoms with E-state index in [1.165, 1.54) is 17.0 Å². The van der Waals surface area contributed by atoms with E-state index < -0.39 is 23.4 Å². The van der Waals surface area contributed by atoms with E-state index in [9.17, 15) is 23.6 Å². The molecule has 11 heteroatoms. The Hall–Kier alpha value is -3.21. The molecule has 4 amide bonds. The van der Waals surface area contributed by atoms with Gasteiger partial charge in [0.25, 0.3) is 5.91 Å². The summed E-state index contributed by atoms with van der Waals surface area (Å²) in [6.07, 6.45) is 4.57. The number of nitrogens with zero attached hydrogens (tertiary/aromatic N) is 3. The molecule has 41 heavy (non-hydrogen) atoms. The van der Waals surface area contributed by atoms with Gasteiger partial charge in [-0.05, 0) is 76.8 Å². The van der Waals surface area contributed by atoms with Crippen molar-refractivity contribution >= 4 is 29.5 Å². The average Bonchev–Trinajstić information content (AvgIpc) is 3.23. The molecule has 0 bridgehead atoms. The van der Waals surface area contributed by atoms with Crippen LogP contribution < -0.4 is 15.5 Å². The zero-order valence-electron chi connectivity index (χ0n) is 24.3. The number of fused-ring (bicyclic) bond motifs is 1. The van der Waals surface area contributed by atoms with Crippen molar-refractivity contribution in [3.63, 3.8) is 0 Å². The summed E-state index contributed by atoms with van der Waals surface area (Å²) in [5, 5.41) is 5.23. The number of benzene rings is 1. The molecule has 0 radical (unpaired) electrons. The molecular weight excluding hydrogens is 529 g/mol. The van der Waals surface area contributed by atoms with Crippen molar-refractivity contribution in [3.8, 4) is 0 Å². The normalized spacial score (nSPS) is 25.7. The highest BCUT2D eigenvalue weighted by molar-refractivity contribution is 6.06. The highest BCUT2D eigenvalue weighted by Crippen LogP contribution is 2.36. The summed E-state index contributed by atoms with van der Waals surface area (Å²) >= 11 is 0. The molecule has 1 atom stereocenters. The van der Waals surface area contributed by atoms with Gasteiger partial charge in [-0.15, -0.1) is 0 Å². The van der Waals surface area contributed by atoms with Crippen molar-refractivity contribution in [2.45, 2.75) is 77.5 Å². The second kappa shape index (κ2) is 12.0. The van der Waals surface area contributed by atoms with Crippen molar-refractivity contribution < 1.29 is 28.3 Å². The van der Waals surface area contributed by atoms with Crippen LogP contribution in [0.4, 0.5) is 14.9 Å². The Morgan fingerprint density at radius 3 is 2.37 bits per heavy atom. The van der Waals surface area contributed by atoms with Crippen LogP contribution in [0.15, 0.2) is 12.1 Å². The molecule has 1 aromatic carbocycles.